The van der Waals surface area contributed by atoms with E-state index in [0.717, 1.165) is 23.3 Å². The molecule has 0 unspecified atom stereocenters. The summed E-state index contributed by atoms with van der Waals surface area (Å²) in [5, 5.41) is 12.4. The number of urea groups is 2. The van der Waals surface area contributed by atoms with Gasteiger partial charge in [0.15, 0.2) is 0 Å². The van der Waals surface area contributed by atoms with Gasteiger partial charge in [0.1, 0.15) is 16.7 Å². The summed E-state index contributed by atoms with van der Waals surface area (Å²) in [7, 11) is 3.20. The van der Waals surface area contributed by atoms with Crippen molar-refractivity contribution in [2.75, 3.05) is 51.0 Å². The van der Waals surface area contributed by atoms with Gasteiger partial charge in [-0.3, -0.25) is 14.4 Å². The van der Waals surface area contributed by atoms with Crippen LogP contribution in [-0.4, -0.2) is 97.0 Å². The molecule has 3 aromatic carbocycles. The van der Waals surface area contributed by atoms with Crippen molar-refractivity contribution in [3.63, 3.8) is 0 Å². The van der Waals surface area contributed by atoms with Crippen LogP contribution in [0.4, 0.5) is 21.0 Å². The predicted molar refractivity (Wildman–Crippen MR) is 221 cm³/mol. The van der Waals surface area contributed by atoms with E-state index in [1.165, 1.54) is 11.1 Å². The molecule has 6 rings (SSSR count). The fourth-order valence-corrected chi connectivity index (χ4v) is 7.14. The summed E-state index contributed by atoms with van der Waals surface area (Å²) in [5.41, 5.74) is 8.38. The lowest BCUT2D eigenvalue weighted by atomic mass is 9.84. The molecule has 2 aliphatic heterocycles. The highest BCUT2D eigenvalue weighted by atomic mass is 35.5. The first kappa shape index (κ1) is 43.1. The Morgan fingerprint density at radius 1 is 0.759 bits per heavy atom. The molecule has 4 atom stereocenters. The van der Waals surface area contributed by atoms with Crippen molar-refractivity contribution in [2.24, 2.45) is 5.73 Å². The number of carbonyl (C=O) groups excluding carboxylic acids is 5. The molecular formula is C41H46Cl2N8O7. The van der Waals surface area contributed by atoms with Gasteiger partial charge in [0.05, 0.1) is 44.7 Å². The third-order valence-electron chi connectivity index (χ3n) is 9.86. The van der Waals surface area contributed by atoms with Gasteiger partial charge < -0.3 is 46.3 Å². The molecule has 17 heteroatoms. The summed E-state index contributed by atoms with van der Waals surface area (Å²) in [5.74, 6) is 0.520. The number of carbonyl (C=O) groups is 5. The quantitative estimate of drug-likeness (QED) is 0.127. The van der Waals surface area contributed by atoms with Crippen LogP contribution in [0.3, 0.4) is 0 Å². The number of hydrogen-bond donors (Lipinski definition) is 5. The number of likely N-dealkylation sites (tertiary alicyclic amines) is 2. The van der Waals surface area contributed by atoms with Gasteiger partial charge in [0, 0.05) is 55.5 Å². The van der Waals surface area contributed by atoms with E-state index < -0.39 is 18.0 Å². The Bertz CT molecular complexity index is 2040. The fraction of sp³-hybridized carbons (Fsp3) is 0.317. The van der Waals surface area contributed by atoms with Crippen LogP contribution in [0.5, 0.6) is 11.5 Å². The van der Waals surface area contributed by atoms with E-state index in [1.54, 1.807) is 74.6 Å². The van der Waals surface area contributed by atoms with E-state index in [4.69, 9.17) is 38.4 Å². The molecule has 1 aromatic heterocycles. The topological polar surface area (TPSA) is 197 Å². The summed E-state index contributed by atoms with van der Waals surface area (Å²) < 4.78 is 10.4. The number of aromatic nitrogens is 1. The number of hydrogen-bond acceptors (Lipinski definition) is 8. The largest absolute Gasteiger partial charge is 0.497 e. The average Bonchev–Trinajstić information content (AvgIpc) is 3.21. The van der Waals surface area contributed by atoms with Crippen molar-refractivity contribution in [3.8, 4) is 11.5 Å². The Morgan fingerprint density at radius 3 is 1.81 bits per heavy atom. The highest BCUT2D eigenvalue weighted by Gasteiger charge is 2.37. The summed E-state index contributed by atoms with van der Waals surface area (Å²) in [6.45, 7) is 2.65. The second-order valence-corrected chi connectivity index (χ2v) is 14.6. The van der Waals surface area contributed by atoms with Gasteiger partial charge in [-0.05, 0) is 78.2 Å². The SMILES string of the molecule is COc1ccc([C@@H]2CC(=O)N(CC(N)=O)C[C@H]2NC(=O)Nc2ccc(Cl)cc2)cc1.COc1ccc([C@@H]2CCN(C(C)=O)C[C@H]2NC(=O)Nc2ccc(Cl)nc2)cc1. The Labute approximate surface area is 346 Å². The summed E-state index contributed by atoms with van der Waals surface area (Å²) >= 11 is 11.6. The van der Waals surface area contributed by atoms with Gasteiger partial charge >= 0.3 is 12.1 Å². The molecule has 15 nitrogen and oxygen atoms in total. The van der Waals surface area contributed by atoms with Crippen molar-refractivity contribution in [1.82, 2.24) is 25.4 Å². The molecule has 7 amide bonds. The number of nitrogens with two attached hydrogens (primary N) is 1. The van der Waals surface area contributed by atoms with Gasteiger partial charge in [0.25, 0.3) is 0 Å². The van der Waals surface area contributed by atoms with Crippen LogP contribution in [0.15, 0.2) is 91.1 Å². The van der Waals surface area contributed by atoms with Crippen molar-refractivity contribution in [1.29, 1.82) is 0 Å². The highest BCUT2D eigenvalue weighted by molar-refractivity contribution is 6.30. The van der Waals surface area contributed by atoms with Gasteiger partial charge in [-0.15, -0.1) is 0 Å². The summed E-state index contributed by atoms with van der Waals surface area (Å²) in [6.07, 6.45) is 2.40. The molecule has 306 valence electrons. The zero-order chi connectivity index (χ0) is 41.8. The maximum absolute atomic E-state index is 12.6. The van der Waals surface area contributed by atoms with Crippen LogP contribution in [0.25, 0.3) is 0 Å². The molecule has 0 saturated carbocycles. The van der Waals surface area contributed by atoms with Crippen LogP contribution in [0.1, 0.15) is 42.7 Å². The van der Waals surface area contributed by atoms with Gasteiger partial charge in [-0.1, -0.05) is 47.5 Å². The number of ether oxygens (including phenoxy) is 2. The number of nitrogens with zero attached hydrogens (tertiary/aromatic N) is 3. The lowest BCUT2D eigenvalue weighted by Gasteiger charge is -2.38. The Morgan fingerprint density at radius 2 is 1.29 bits per heavy atom. The highest BCUT2D eigenvalue weighted by Crippen LogP contribution is 2.32. The van der Waals surface area contributed by atoms with E-state index >= 15 is 0 Å². The third-order valence-corrected chi connectivity index (χ3v) is 10.3. The van der Waals surface area contributed by atoms with E-state index in [0.29, 0.717) is 40.4 Å². The minimum Gasteiger partial charge on any atom is -0.497 e. The third kappa shape index (κ3) is 12.2. The van der Waals surface area contributed by atoms with Crippen LogP contribution in [-0.2, 0) is 14.4 Å². The maximum Gasteiger partial charge on any atom is 0.319 e. The van der Waals surface area contributed by atoms with E-state index in [2.05, 4.69) is 26.3 Å². The predicted octanol–water partition coefficient (Wildman–Crippen LogP) is 5.61. The molecule has 0 radical (unpaired) electrons. The van der Waals surface area contributed by atoms with Crippen molar-refractivity contribution in [3.05, 3.63) is 112 Å². The second-order valence-electron chi connectivity index (χ2n) is 13.7. The molecular weight excluding hydrogens is 787 g/mol. The Balaban J connectivity index is 0.000000221. The smallest absolute Gasteiger partial charge is 0.319 e. The van der Waals surface area contributed by atoms with Crippen LogP contribution in [0.2, 0.25) is 10.2 Å². The van der Waals surface area contributed by atoms with Crippen molar-refractivity contribution < 1.29 is 33.4 Å². The van der Waals surface area contributed by atoms with Crippen LogP contribution >= 0.6 is 23.2 Å². The summed E-state index contributed by atoms with van der Waals surface area (Å²) in [6, 6.07) is 23.8. The molecule has 0 spiro atoms. The van der Waals surface area contributed by atoms with E-state index in [9.17, 15) is 24.0 Å². The minimum atomic E-state index is -0.601. The Hall–Kier alpha value is -6.06. The van der Waals surface area contributed by atoms with E-state index in [-0.39, 0.29) is 55.2 Å². The molecule has 3 heterocycles. The minimum absolute atomic E-state index is 0.00212. The van der Waals surface area contributed by atoms with E-state index in [1.807, 2.05) is 36.4 Å². The zero-order valence-corrected chi connectivity index (χ0v) is 33.8. The number of methoxy groups -OCH3 is 2. The standard InChI is InChI=1S/C21H23ClN4O4.C20H23ClN4O3/c1-30-16-8-2-13(3-9-16)17-10-20(28)26(12-19(23)27)11-18(17)25-21(29)24-15-6-4-14(22)5-7-15;1-13(26)25-10-9-17(14-3-6-16(28-2)7-4-14)18(12-25)24-20(27)23-15-5-8-19(21)22-11-15/h2-9,17-18H,10-12H2,1H3,(H2,23,27)(H2,24,25,29);3-8,11,17-18H,9-10,12H2,1-2H3,(H2,23,24,27)/t2*17-,18+/m00/s1. The molecule has 0 aliphatic carbocycles. The number of rotatable bonds is 10. The first-order chi connectivity index (χ1) is 27.8. The van der Waals surface area contributed by atoms with Crippen molar-refractivity contribution in [2.45, 2.75) is 43.7 Å². The van der Waals surface area contributed by atoms with Crippen molar-refractivity contribution >= 4 is 64.4 Å². The Kier molecular flexibility index (Phi) is 15.1. The lowest BCUT2D eigenvalue weighted by Crippen LogP contribution is -2.56. The van der Waals surface area contributed by atoms with Crippen LogP contribution in [0, 0.1) is 0 Å². The van der Waals surface area contributed by atoms with Gasteiger partial charge in [-0.25, -0.2) is 14.6 Å². The number of anilines is 2. The number of benzene rings is 3. The number of halogens is 2. The first-order valence-electron chi connectivity index (χ1n) is 18.4. The number of piperidine rings is 2. The average molecular weight is 834 g/mol. The second kappa shape index (κ2) is 20.4. The molecule has 0 bridgehead atoms. The van der Waals surface area contributed by atoms with Gasteiger partial charge in [-0.2, -0.15) is 0 Å². The molecule has 2 saturated heterocycles. The molecule has 6 N–H and O–H groups in total. The fourth-order valence-electron chi connectivity index (χ4n) is 6.90. The number of amides is 7. The molecule has 4 aromatic rings. The summed E-state index contributed by atoms with van der Waals surface area (Å²) in [4.78, 5) is 67.9. The number of nitrogens with one attached hydrogen (secondary N) is 4. The zero-order valence-electron chi connectivity index (χ0n) is 32.2. The molecule has 58 heavy (non-hydrogen) atoms. The van der Waals surface area contributed by atoms with Gasteiger partial charge in [0.2, 0.25) is 17.7 Å². The lowest BCUT2D eigenvalue weighted by molar-refractivity contribution is -0.138. The first-order valence-corrected chi connectivity index (χ1v) is 19.2. The molecule has 2 fully saturated rings. The maximum atomic E-state index is 12.6. The number of primary amides is 1. The van der Waals surface area contributed by atoms with Crippen LogP contribution < -0.4 is 36.5 Å². The normalized spacial score (nSPS) is 18.8. The molecule has 2 aliphatic rings. The number of pyridine rings is 1. The monoisotopic (exact) mass is 832 g/mol.